The molecule has 0 atom stereocenters. The van der Waals surface area contributed by atoms with Crippen LogP contribution in [0.25, 0.3) is 120 Å². The molecule has 1 heteroatoms. The number of hydrogen-bond acceptors (Lipinski definition) is 1. The van der Waals surface area contributed by atoms with Gasteiger partial charge < -0.3 is 4.42 Å². The zero-order valence-electron chi connectivity index (χ0n) is 27.6. The average Bonchev–Trinajstić information content (AvgIpc) is 3.56. The van der Waals surface area contributed by atoms with Crippen molar-refractivity contribution in [2.45, 2.75) is 0 Å². The molecule has 0 saturated carbocycles. The van der Waals surface area contributed by atoms with Crippen LogP contribution in [0.1, 0.15) is 0 Å². The minimum atomic E-state index is 0.908. The Kier molecular flexibility index (Phi) is 5.29. The van der Waals surface area contributed by atoms with E-state index in [1.165, 1.54) is 92.1 Å². The standard InChI is InChI=1S/C50H28O/c1-2-10-34-27-46-45(26-33(34)9-1)49-41(39-22-19-32-17-16-30-11-7-12-31-20-23-40(39)48(32)47(30)31)24-25-42(50(49)51-46)44-28-43-35-13-4-3-8-29(35)18-21-38(43)36-14-5-6-15-37(36)44/h1-28H. The zero-order chi connectivity index (χ0) is 33.2. The third-order valence-corrected chi connectivity index (χ3v) is 11.4. The van der Waals surface area contributed by atoms with Crippen molar-refractivity contribution in [2.75, 3.05) is 0 Å². The first-order chi connectivity index (χ1) is 25.3. The number of hydrogen-bond donors (Lipinski definition) is 0. The van der Waals surface area contributed by atoms with Crippen LogP contribution in [0.5, 0.6) is 0 Å². The smallest absolute Gasteiger partial charge is 0.143 e. The molecule has 0 aliphatic carbocycles. The summed E-state index contributed by atoms with van der Waals surface area (Å²) in [7, 11) is 0. The van der Waals surface area contributed by atoms with Crippen molar-refractivity contribution in [3.63, 3.8) is 0 Å². The van der Waals surface area contributed by atoms with Crippen LogP contribution in [0.3, 0.4) is 0 Å². The SMILES string of the molecule is c1ccc2cc3c(cc2c1)oc1c(-c2cc4c5ccccc5ccc4c4ccccc24)ccc(-c2ccc4ccc5cccc6ccc2c4c56)c13. The Morgan fingerprint density at radius 2 is 0.824 bits per heavy atom. The van der Waals surface area contributed by atoms with Gasteiger partial charge in [-0.2, -0.15) is 0 Å². The van der Waals surface area contributed by atoms with Gasteiger partial charge in [-0.25, -0.2) is 0 Å². The van der Waals surface area contributed by atoms with Crippen molar-refractivity contribution in [3.05, 3.63) is 170 Å². The summed E-state index contributed by atoms with van der Waals surface area (Å²) in [6.45, 7) is 0. The summed E-state index contributed by atoms with van der Waals surface area (Å²) in [4.78, 5) is 0. The van der Waals surface area contributed by atoms with Crippen molar-refractivity contribution in [3.8, 4) is 22.3 Å². The molecular formula is C50H28O. The van der Waals surface area contributed by atoms with E-state index in [2.05, 4.69) is 170 Å². The third-order valence-electron chi connectivity index (χ3n) is 11.4. The highest BCUT2D eigenvalue weighted by molar-refractivity contribution is 6.29. The molecule has 0 unspecified atom stereocenters. The Morgan fingerprint density at radius 3 is 1.67 bits per heavy atom. The van der Waals surface area contributed by atoms with Gasteiger partial charge >= 0.3 is 0 Å². The van der Waals surface area contributed by atoms with Gasteiger partial charge in [-0.15, -0.1) is 0 Å². The van der Waals surface area contributed by atoms with E-state index < -0.39 is 0 Å². The van der Waals surface area contributed by atoms with Gasteiger partial charge in [0.2, 0.25) is 0 Å². The molecule has 1 nitrogen and oxygen atoms in total. The van der Waals surface area contributed by atoms with Crippen LogP contribution in [0, 0.1) is 0 Å². The minimum Gasteiger partial charge on any atom is -0.455 e. The lowest BCUT2D eigenvalue weighted by molar-refractivity contribution is 0.670. The monoisotopic (exact) mass is 644 g/mol. The van der Waals surface area contributed by atoms with Gasteiger partial charge in [0.1, 0.15) is 11.2 Å². The molecule has 0 fully saturated rings. The number of fused-ring (bicyclic) bond motifs is 9. The molecule has 234 valence electrons. The number of benzene rings is 11. The molecule has 11 aromatic carbocycles. The first kappa shape index (κ1) is 27.2. The minimum absolute atomic E-state index is 0.908. The van der Waals surface area contributed by atoms with E-state index in [4.69, 9.17) is 4.42 Å². The number of rotatable bonds is 2. The maximum Gasteiger partial charge on any atom is 0.143 e. The first-order valence-electron chi connectivity index (χ1n) is 17.7. The Morgan fingerprint density at radius 1 is 0.255 bits per heavy atom. The van der Waals surface area contributed by atoms with Gasteiger partial charge in [-0.05, 0) is 116 Å². The van der Waals surface area contributed by atoms with E-state index in [1.807, 2.05) is 0 Å². The quantitative estimate of drug-likeness (QED) is 0.171. The molecule has 0 radical (unpaired) electrons. The fourth-order valence-electron chi connectivity index (χ4n) is 9.06. The molecule has 0 N–H and O–H groups in total. The van der Waals surface area contributed by atoms with Crippen LogP contribution in [0.15, 0.2) is 174 Å². The Labute approximate surface area is 292 Å². The third kappa shape index (κ3) is 3.70. The maximum absolute atomic E-state index is 7.08. The van der Waals surface area contributed by atoms with Crippen molar-refractivity contribution in [1.82, 2.24) is 0 Å². The Bertz CT molecular complexity index is 3400. The second-order valence-corrected chi connectivity index (χ2v) is 14.0. The van der Waals surface area contributed by atoms with Crippen LogP contribution in [-0.2, 0) is 0 Å². The fourth-order valence-corrected chi connectivity index (χ4v) is 9.06. The van der Waals surface area contributed by atoms with Crippen molar-refractivity contribution in [1.29, 1.82) is 0 Å². The van der Waals surface area contributed by atoms with Crippen molar-refractivity contribution >= 4 is 97.3 Å². The molecule has 1 aromatic heterocycles. The van der Waals surface area contributed by atoms with Crippen LogP contribution in [0.2, 0.25) is 0 Å². The summed E-state index contributed by atoms with van der Waals surface area (Å²) >= 11 is 0. The topological polar surface area (TPSA) is 13.1 Å². The summed E-state index contributed by atoms with van der Waals surface area (Å²) in [5.41, 5.74) is 6.54. The van der Waals surface area contributed by atoms with Crippen LogP contribution < -0.4 is 0 Å². The van der Waals surface area contributed by atoms with E-state index in [1.54, 1.807) is 0 Å². The van der Waals surface area contributed by atoms with Gasteiger partial charge in [0.25, 0.3) is 0 Å². The molecule has 0 bridgehead atoms. The van der Waals surface area contributed by atoms with E-state index in [0.717, 1.165) is 27.5 Å². The van der Waals surface area contributed by atoms with E-state index in [9.17, 15) is 0 Å². The highest BCUT2D eigenvalue weighted by atomic mass is 16.3. The normalized spacial score (nSPS) is 12.3. The van der Waals surface area contributed by atoms with Crippen molar-refractivity contribution < 1.29 is 4.42 Å². The summed E-state index contributed by atoms with van der Waals surface area (Å²) in [5, 5.41) is 19.9. The summed E-state index contributed by atoms with van der Waals surface area (Å²) in [5.74, 6) is 0. The predicted molar refractivity (Wildman–Crippen MR) is 218 cm³/mol. The molecule has 51 heavy (non-hydrogen) atoms. The largest absolute Gasteiger partial charge is 0.455 e. The second-order valence-electron chi connectivity index (χ2n) is 14.0. The molecule has 0 aliphatic heterocycles. The highest BCUT2D eigenvalue weighted by Gasteiger charge is 2.22. The fraction of sp³-hybridized carbons (Fsp3) is 0. The molecule has 0 aliphatic rings. The maximum atomic E-state index is 7.08. The summed E-state index contributed by atoms with van der Waals surface area (Å²) < 4.78 is 7.08. The molecule has 0 saturated heterocycles. The summed E-state index contributed by atoms with van der Waals surface area (Å²) in [6.07, 6.45) is 0. The van der Waals surface area contributed by atoms with Gasteiger partial charge in [-0.3, -0.25) is 0 Å². The highest BCUT2D eigenvalue weighted by Crippen LogP contribution is 2.48. The molecular weight excluding hydrogens is 617 g/mol. The first-order valence-corrected chi connectivity index (χ1v) is 17.7. The van der Waals surface area contributed by atoms with E-state index >= 15 is 0 Å². The second kappa shape index (κ2) is 9.94. The summed E-state index contributed by atoms with van der Waals surface area (Å²) in [6, 6.07) is 62.6. The van der Waals surface area contributed by atoms with E-state index in [-0.39, 0.29) is 0 Å². The predicted octanol–water partition coefficient (Wildman–Crippen LogP) is 14.4. The molecule has 12 aromatic rings. The lowest BCUT2D eigenvalue weighted by Crippen LogP contribution is -1.90. The lowest BCUT2D eigenvalue weighted by Gasteiger charge is -2.16. The van der Waals surface area contributed by atoms with E-state index in [0.29, 0.717) is 0 Å². The van der Waals surface area contributed by atoms with Crippen LogP contribution >= 0.6 is 0 Å². The van der Waals surface area contributed by atoms with Crippen LogP contribution in [-0.4, -0.2) is 0 Å². The number of furan rings is 1. The van der Waals surface area contributed by atoms with Gasteiger partial charge in [-0.1, -0.05) is 146 Å². The molecule has 0 amide bonds. The average molecular weight is 645 g/mol. The molecule has 1 heterocycles. The Hall–Kier alpha value is -6.70. The van der Waals surface area contributed by atoms with Gasteiger partial charge in [0, 0.05) is 16.3 Å². The van der Waals surface area contributed by atoms with Crippen molar-refractivity contribution in [2.24, 2.45) is 0 Å². The molecule has 12 rings (SSSR count). The van der Waals surface area contributed by atoms with Gasteiger partial charge in [0.15, 0.2) is 0 Å². The molecule has 0 spiro atoms. The van der Waals surface area contributed by atoms with Crippen LogP contribution in [0.4, 0.5) is 0 Å². The zero-order valence-corrected chi connectivity index (χ0v) is 27.6. The van der Waals surface area contributed by atoms with Gasteiger partial charge in [0.05, 0.1) is 0 Å². The lowest BCUT2D eigenvalue weighted by atomic mass is 9.86. The Balaban J connectivity index is 1.24.